The second-order valence-electron chi connectivity index (χ2n) is 8.32. The maximum atomic E-state index is 15.2. The number of anilines is 2. The zero-order valence-corrected chi connectivity index (χ0v) is 19.1. The van der Waals surface area contributed by atoms with Gasteiger partial charge in [-0.2, -0.15) is 5.10 Å². The highest BCUT2D eigenvalue weighted by Gasteiger charge is 2.33. The van der Waals surface area contributed by atoms with Crippen molar-refractivity contribution >= 4 is 17.3 Å². The Morgan fingerprint density at radius 3 is 2.32 bits per heavy atom. The Morgan fingerprint density at radius 2 is 1.62 bits per heavy atom. The van der Waals surface area contributed by atoms with E-state index in [0.29, 0.717) is 24.1 Å². The molecule has 4 rings (SSSR count). The first kappa shape index (κ1) is 23.5. The Hall–Kier alpha value is -3.70. The molecule has 1 aromatic heterocycles. The second kappa shape index (κ2) is 10.1. The molecular weight excluding hydrogens is 438 g/mol. The van der Waals surface area contributed by atoms with Crippen molar-refractivity contribution in [2.24, 2.45) is 7.05 Å². The minimum atomic E-state index is -1.63. The molecule has 176 valence electrons. The molecule has 0 saturated carbocycles. The number of carbonyl (C=O) groups excluding carboxylic acids is 1. The third-order valence-electron chi connectivity index (χ3n) is 5.80. The molecule has 6 nitrogen and oxygen atoms in total. The molecule has 2 aromatic carbocycles. The van der Waals surface area contributed by atoms with Crippen LogP contribution in [0.3, 0.4) is 0 Å². The monoisotopic (exact) mass is 464 g/mol. The van der Waals surface area contributed by atoms with Crippen LogP contribution in [0.5, 0.6) is 0 Å². The number of benzene rings is 2. The molecule has 8 heteroatoms. The van der Waals surface area contributed by atoms with E-state index in [4.69, 9.17) is 0 Å². The third-order valence-corrected chi connectivity index (χ3v) is 5.80. The first-order chi connectivity index (χ1) is 16.3. The van der Waals surface area contributed by atoms with Gasteiger partial charge in [0.1, 0.15) is 5.69 Å². The molecule has 34 heavy (non-hydrogen) atoms. The molecule has 0 radical (unpaired) electrons. The number of nitrogens with zero attached hydrogens (tertiary/aromatic N) is 4. The minimum Gasteiger partial charge on any atom is -0.356 e. The first-order valence-electron chi connectivity index (χ1n) is 11.2. The lowest BCUT2D eigenvalue weighted by molar-refractivity contribution is -0.120. The van der Waals surface area contributed by atoms with Crippen molar-refractivity contribution in [1.82, 2.24) is 9.78 Å². The average molecular weight is 465 g/mol. The SMILES string of the molecule is CN1c2cn(C)nc2CCCCCC(=O)N(c2c(F)cc(C#Cc3ccccc3)cc2F)C1O. The van der Waals surface area contributed by atoms with Gasteiger partial charge in [-0.25, -0.2) is 8.78 Å². The zero-order valence-electron chi connectivity index (χ0n) is 19.1. The Balaban J connectivity index is 1.73. The van der Waals surface area contributed by atoms with Crippen molar-refractivity contribution in [3.8, 4) is 11.8 Å². The minimum absolute atomic E-state index is 0.0603. The Labute approximate surface area is 197 Å². The summed E-state index contributed by atoms with van der Waals surface area (Å²) in [6.07, 6.45) is 2.95. The molecule has 0 spiro atoms. The summed E-state index contributed by atoms with van der Waals surface area (Å²) in [6, 6.07) is 11.2. The highest BCUT2D eigenvalue weighted by molar-refractivity contribution is 5.94. The number of aliphatic hydroxyl groups excluding tert-OH is 1. The molecular formula is C26H26F2N4O2. The number of fused-ring (bicyclic) bond motifs is 1. The third kappa shape index (κ3) is 4.95. The lowest BCUT2D eigenvalue weighted by Crippen LogP contribution is -2.51. The summed E-state index contributed by atoms with van der Waals surface area (Å²) in [5.74, 6) is 3.11. The van der Waals surface area contributed by atoms with Crippen LogP contribution in [-0.2, 0) is 18.3 Å². The fourth-order valence-electron chi connectivity index (χ4n) is 4.06. The number of hydrogen-bond acceptors (Lipinski definition) is 4. The van der Waals surface area contributed by atoms with Crippen LogP contribution in [-0.4, -0.2) is 34.2 Å². The van der Waals surface area contributed by atoms with Gasteiger partial charge in [0.05, 0.1) is 11.4 Å². The van der Waals surface area contributed by atoms with Gasteiger partial charge >= 0.3 is 0 Å². The van der Waals surface area contributed by atoms with Gasteiger partial charge in [0, 0.05) is 37.8 Å². The van der Waals surface area contributed by atoms with Crippen molar-refractivity contribution in [3.05, 3.63) is 77.1 Å². The van der Waals surface area contributed by atoms with E-state index in [1.807, 2.05) is 18.2 Å². The highest BCUT2D eigenvalue weighted by Crippen LogP contribution is 2.31. The van der Waals surface area contributed by atoms with E-state index in [9.17, 15) is 9.90 Å². The number of rotatable bonds is 1. The van der Waals surface area contributed by atoms with E-state index in [1.165, 1.54) is 4.90 Å². The largest absolute Gasteiger partial charge is 0.356 e. The molecule has 1 N–H and O–H groups in total. The predicted molar refractivity (Wildman–Crippen MR) is 126 cm³/mol. The Kier molecular flexibility index (Phi) is 6.94. The summed E-state index contributed by atoms with van der Waals surface area (Å²) < 4.78 is 32.1. The quantitative estimate of drug-likeness (QED) is 0.554. The number of aliphatic hydroxyl groups is 1. The average Bonchev–Trinajstić information content (AvgIpc) is 3.18. The van der Waals surface area contributed by atoms with Crippen LogP contribution in [0.4, 0.5) is 20.2 Å². The number of halogens is 2. The zero-order chi connectivity index (χ0) is 24.2. The molecule has 0 bridgehead atoms. The predicted octanol–water partition coefficient (Wildman–Crippen LogP) is 3.96. The van der Waals surface area contributed by atoms with Gasteiger partial charge in [-0.3, -0.25) is 14.4 Å². The lowest BCUT2D eigenvalue weighted by atomic mass is 10.1. The van der Waals surface area contributed by atoms with Crippen molar-refractivity contribution in [1.29, 1.82) is 0 Å². The summed E-state index contributed by atoms with van der Waals surface area (Å²) in [7, 11) is 3.33. The van der Waals surface area contributed by atoms with E-state index < -0.39 is 29.6 Å². The topological polar surface area (TPSA) is 61.6 Å². The van der Waals surface area contributed by atoms with Crippen LogP contribution < -0.4 is 9.80 Å². The Bertz CT molecular complexity index is 1220. The molecule has 1 amide bonds. The van der Waals surface area contributed by atoms with Crippen LogP contribution in [0.25, 0.3) is 0 Å². The van der Waals surface area contributed by atoms with E-state index in [1.54, 1.807) is 37.1 Å². The normalized spacial score (nSPS) is 17.0. The summed E-state index contributed by atoms with van der Waals surface area (Å²) in [4.78, 5) is 15.3. The smallest absolute Gasteiger partial charge is 0.230 e. The highest BCUT2D eigenvalue weighted by atomic mass is 19.1. The second-order valence-corrected chi connectivity index (χ2v) is 8.32. The molecule has 0 fully saturated rings. The van der Waals surface area contributed by atoms with Gasteiger partial charge in [-0.05, 0) is 43.5 Å². The van der Waals surface area contributed by atoms with Crippen LogP contribution in [0, 0.1) is 23.5 Å². The molecule has 1 unspecified atom stereocenters. The van der Waals surface area contributed by atoms with Gasteiger partial charge in [-0.15, -0.1) is 0 Å². The fraction of sp³-hybridized carbons (Fsp3) is 0.308. The number of aromatic nitrogens is 2. The number of amides is 1. The van der Waals surface area contributed by atoms with Crippen molar-refractivity contribution in [2.75, 3.05) is 16.8 Å². The summed E-state index contributed by atoms with van der Waals surface area (Å²) >= 11 is 0. The van der Waals surface area contributed by atoms with E-state index in [0.717, 1.165) is 35.6 Å². The number of aryl methyl sites for hydroxylation is 2. The maximum absolute atomic E-state index is 15.2. The number of hydrogen-bond donors (Lipinski definition) is 1. The van der Waals surface area contributed by atoms with Gasteiger partial charge in [0.15, 0.2) is 11.6 Å². The molecule has 1 aliphatic heterocycles. The summed E-state index contributed by atoms with van der Waals surface area (Å²) in [6.45, 7) is 0. The van der Waals surface area contributed by atoms with Crippen LogP contribution >= 0.6 is 0 Å². The van der Waals surface area contributed by atoms with Crippen LogP contribution in [0.15, 0.2) is 48.7 Å². The molecule has 1 atom stereocenters. The fourth-order valence-corrected chi connectivity index (χ4v) is 4.06. The molecule has 1 aliphatic rings. The lowest BCUT2D eigenvalue weighted by Gasteiger charge is -2.35. The van der Waals surface area contributed by atoms with Crippen LogP contribution in [0.1, 0.15) is 42.5 Å². The van der Waals surface area contributed by atoms with E-state index in [2.05, 4.69) is 16.9 Å². The van der Waals surface area contributed by atoms with Crippen molar-refractivity contribution < 1.29 is 18.7 Å². The van der Waals surface area contributed by atoms with Gasteiger partial charge in [-0.1, -0.05) is 36.5 Å². The van der Waals surface area contributed by atoms with E-state index in [-0.39, 0.29) is 12.0 Å². The Morgan fingerprint density at radius 1 is 0.971 bits per heavy atom. The molecule has 0 aliphatic carbocycles. The standard InChI is InChI=1S/C26H26F2N4O2/c1-30-17-23-22(29-30)11-7-4-8-12-24(33)32(26(34)31(23)2)25-20(27)15-19(16-21(25)28)14-13-18-9-5-3-6-10-18/h3,5-6,9-10,15-17,26,34H,4,7-8,11-12H2,1-2H3. The molecule has 2 heterocycles. The summed E-state index contributed by atoms with van der Waals surface area (Å²) in [5, 5.41) is 15.6. The van der Waals surface area contributed by atoms with Crippen LogP contribution in [0.2, 0.25) is 0 Å². The summed E-state index contributed by atoms with van der Waals surface area (Å²) in [5.41, 5.74) is 1.59. The number of carbonyl (C=O) groups is 1. The van der Waals surface area contributed by atoms with Gasteiger partial charge < -0.3 is 10.0 Å². The van der Waals surface area contributed by atoms with Gasteiger partial charge in [0.25, 0.3) is 0 Å². The molecule has 0 saturated heterocycles. The maximum Gasteiger partial charge on any atom is 0.230 e. The van der Waals surface area contributed by atoms with Gasteiger partial charge in [0.2, 0.25) is 12.3 Å². The first-order valence-corrected chi connectivity index (χ1v) is 11.2. The van der Waals surface area contributed by atoms with E-state index >= 15 is 8.78 Å². The van der Waals surface area contributed by atoms with Crippen molar-refractivity contribution in [3.63, 3.8) is 0 Å². The molecule has 3 aromatic rings. The van der Waals surface area contributed by atoms with Crippen molar-refractivity contribution in [2.45, 2.75) is 38.5 Å².